The van der Waals surface area contributed by atoms with Gasteiger partial charge >= 0.3 is 6.18 Å². The van der Waals surface area contributed by atoms with Gasteiger partial charge in [0.05, 0.1) is 16.3 Å². The number of benzene rings is 2. The summed E-state index contributed by atoms with van der Waals surface area (Å²) in [6.45, 7) is 2.40. The van der Waals surface area contributed by atoms with Crippen LogP contribution in [-0.4, -0.2) is 33.2 Å². The minimum absolute atomic E-state index is 0.0156. The van der Waals surface area contributed by atoms with Crippen LogP contribution in [0.1, 0.15) is 28.5 Å². The third-order valence-corrected chi connectivity index (χ3v) is 5.85. The highest BCUT2D eigenvalue weighted by Crippen LogP contribution is 2.38. The molecule has 0 bridgehead atoms. The Labute approximate surface area is 202 Å². The molecule has 3 rings (SSSR count). The van der Waals surface area contributed by atoms with Gasteiger partial charge in [0.25, 0.3) is 11.8 Å². The van der Waals surface area contributed by atoms with E-state index in [1.807, 2.05) is 0 Å². The molecule has 0 aliphatic rings. The first-order valence-electron chi connectivity index (χ1n) is 10.1. The Morgan fingerprint density at radius 2 is 1.86 bits per heavy atom. The van der Waals surface area contributed by atoms with E-state index in [2.05, 4.69) is 15.5 Å². The van der Waals surface area contributed by atoms with Gasteiger partial charge in [-0.2, -0.15) is 13.2 Å². The van der Waals surface area contributed by atoms with Crippen molar-refractivity contribution in [2.75, 3.05) is 18.2 Å². The molecule has 1 amide bonds. The van der Waals surface area contributed by atoms with Crippen LogP contribution >= 0.6 is 0 Å². The zero-order chi connectivity index (χ0) is 26.8. The van der Waals surface area contributed by atoms with Crippen LogP contribution in [0.5, 0.6) is 17.4 Å². The second-order valence-electron chi connectivity index (χ2n) is 7.43. The number of rotatable bonds is 7. The number of anilines is 1. The quantitative estimate of drug-likeness (QED) is 0.387. The fourth-order valence-electron chi connectivity index (χ4n) is 3.12. The number of hydrogen-bond acceptors (Lipinski definition) is 7. The standard InChI is InChI=1S/C22H19F5N4O4S/c1-4-34-18-15(24)8-12(23)9-16(18)35-21-17(11(2)19(30-31-21)22(25,26)27)20(32)29-13-6-5-7-14(10-13)36(3,28)33/h5-10,28H,4H2,1-3H3,(H,29,32). The molecule has 3 aromatic rings. The van der Waals surface area contributed by atoms with Gasteiger partial charge in [0, 0.05) is 29.0 Å². The van der Waals surface area contributed by atoms with Gasteiger partial charge in [-0.15, -0.1) is 10.2 Å². The van der Waals surface area contributed by atoms with Crippen LogP contribution in [0.2, 0.25) is 0 Å². The van der Waals surface area contributed by atoms with Crippen LogP contribution in [0.25, 0.3) is 0 Å². The summed E-state index contributed by atoms with van der Waals surface area (Å²) in [6.07, 6.45) is -3.83. The Hall–Kier alpha value is -3.81. The monoisotopic (exact) mass is 530 g/mol. The Bertz CT molecular complexity index is 1430. The van der Waals surface area contributed by atoms with E-state index in [4.69, 9.17) is 14.3 Å². The summed E-state index contributed by atoms with van der Waals surface area (Å²) in [4.78, 5) is 13.2. The van der Waals surface area contributed by atoms with Crippen molar-refractivity contribution in [2.45, 2.75) is 24.9 Å². The fraction of sp³-hybridized carbons (Fsp3) is 0.227. The average molecular weight is 530 g/mol. The van der Waals surface area contributed by atoms with Crippen molar-refractivity contribution < 1.29 is 40.4 Å². The van der Waals surface area contributed by atoms with Crippen LogP contribution < -0.4 is 14.8 Å². The second kappa shape index (κ2) is 10.0. The predicted octanol–water partition coefficient (Wildman–Crippen LogP) is 5.56. The van der Waals surface area contributed by atoms with E-state index in [0.29, 0.717) is 12.1 Å². The number of alkyl halides is 3. The van der Waals surface area contributed by atoms with Crippen molar-refractivity contribution in [3.63, 3.8) is 0 Å². The summed E-state index contributed by atoms with van der Waals surface area (Å²) >= 11 is 0. The normalized spacial score (nSPS) is 13.1. The first-order chi connectivity index (χ1) is 16.7. The third kappa shape index (κ3) is 5.87. The molecule has 0 saturated carbocycles. The summed E-state index contributed by atoms with van der Waals surface area (Å²) in [5.74, 6) is -5.28. The molecule has 1 unspecified atom stereocenters. The van der Waals surface area contributed by atoms with E-state index < -0.39 is 67.6 Å². The number of hydrogen-bond donors (Lipinski definition) is 2. The van der Waals surface area contributed by atoms with Gasteiger partial charge in [0.2, 0.25) is 0 Å². The maximum Gasteiger partial charge on any atom is 0.435 e. The zero-order valence-electron chi connectivity index (χ0n) is 19.0. The lowest BCUT2D eigenvalue weighted by Crippen LogP contribution is -2.21. The Kier molecular flexibility index (Phi) is 7.48. The smallest absolute Gasteiger partial charge is 0.435 e. The van der Waals surface area contributed by atoms with Crippen molar-refractivity contribution >= 4 is 21.3 Å². The molecule has 192 valence electrons. The highest BCUT2D eigenvalue weighted by Gasteiger charge is 2.38. The number of carbonyl (C=O) groups excluding carboxylic acids is 1. The lowest BCUT2D eigenvalue weighted by Gasteiger charge is -2.17. The highest BCUT2D eigenvalue weighted by atomic mass is 32.2. The van der Waals surface area contributed by atoms with E-state index >= 15 is 0 Å². The second-order valence-corrected chi connectivity index (χ2v) is 9.59. The zero-order valence-corrected chi connectivity index (χ0v) is 19.8. The first kappa shape index (κ1) is 26.8. The highest BCUT2D eigenvalue weighted by molar-refractivity contribution is 7.91. The first-order valence-corrected chi connectivity index (χ1v) is 12.1. The molecule has 0 spiro atoms. The molecule has 2 N–H and O–H groups in total. The third-order valence-electron chi connectivity index (χ3n) is 4.69. The van der Waals surface area contributed by atoms with E-state index in [9.17, 15) is 31.0 Å². The van der Waals surface area contributed by atoms with Gasteiger partial charge in [-0.05, 0) is 37.6 Å². The molecular formula is C22H19F5N4O4S. The predicted molar refractivity (Wildman–Crippen MR) is 119 cm³/mol. The van der Waals surface area contributed by atoms with Gasteiger partial charge in [-0.3, -0.25) is 4.79 Å². The van der Waals surface area contributed by atoms with E-state index in [1.54, 1.807) is 0 Å². The van der Waals surface area contributed by atoms with Crippen molar-refractivity contribution in [1.82, 2.24) is 10.2 Å². The summed E-state index contributed by atoms with van der Waals surface area (Å²) in [7, 11) is -3.16. The molecule has 1 heterocycles. The van der Waals surface area contributed by atoms with E-state index in [0.717, 1.165) is 13.2 Å². The molecular weight excluding hydrogens is 511 g/mol. The summed E-state index contributed by atoms with van der Waals surface area (Å²) in [5, 5.41) is 8.78. The summed E-state index contributed by atoms with van der Waals surface area (Å²) in [5.41, 5.74) is -2.86. The number of ether oxygens (including phenoxy) is 2. The van der Waals surface area contributed by atoms with Gasteiger partial charge in [0.15, 0.2) is 23.0 Å². The Morgan fingerprint density at radius 1 is 1.17 bits per heavy atom. The van der Waals surface area contributed by atoms with Crippen molar-refractivity contribution in [1.29, 1.82) is 4.78 Å². The lowest BCUT2D eigenvalue weighted by atomic mass is 10.1. The minimum Gasteiger partial charge on any atom is -0.487 e. The number of carbonyl (C=O) groups is 1. The molecule has 0 aliphatic heterocycles. The minimum atomic E-state index is -4.98. The van der Waals surface area contributed by atoms with E-state index in [-0.39, 0.29) is 17.2 Å². The van der Waals surface area contributed by atoms with Crippen LogP contribution in [0.4, 0.5) is 27.6 Å². The van der Waals surface area contributed by atoms with Crippen molar-refractivity contribution in [2.24, 2.45) is 0 Å². The number of amides is 1. The SMILES string of the molecule is CCOc1c(F)cc(F)cc1Oc1nnc(C(F)(F)F)c(C)c1C(=O)Nc1cccc(S(C)(=N)=O)c1. The van der Waals surface area contributed by atoms with Crippen molar-refractivity contribution in [3.05, 3.63) is 64.9 Å². The molecule has 8 nitrogen and oxygen atoms in total. The largest absolute Gasteiger partial charge is 0.487 e. The summed E-state index contributed by atoms with van der Waals surface area (Å²) < 4.78 is 98.7. The van der Waals surface area contributed by atoms with Gasteiger partial charge in [-0.25, -0.2) is 17.8 Å². The van der Waals surface area contributed by atoms with Crippen LogP contribution in [-0.2, 0) is 15.9 Å². The number of nitrogens with one attached hydrogen (secondary N) is 2. The molecule has 0 saturated heterocycles. The maximum absolute atomic E-state index is 14.2. The lowest BCUT2D eigenvalue weighted by molar-refractivity contribution is -0.142. The molecule has 1 aromatic heterocycles. The Balaban J connectivity index is 2.13. The molecule has 1 atom stereocenters. The molecule has 14 heteroatoms. The van der Waals surface area contributed by atoms with Crippen LogP contribution in [0.15, 0.2) is 41.3 Å². The van der Waals surface area contributed by atoms with Crippen LogP contribution in [0.3, 0.4) is 0 Å². The number of nitrogens with zero attached hydrogens (tertiary/aromatic N) is 2. The van der Waals surface area contributed by atoms with E-state index in [1.165, 1.54) is 31.2 Å². The van der Waals surface area contributed by atoms with Crippen LogP contribution in [0, 0.1) is 23.3 Å². The van der Waals surface area contributed by atoms with Gasteiger partial charge in [0.1, 0.15) is 11.4 Å². The number of halogens is 5. The number of aromatic nitrogens is 2. The summed E-state index contributed by atoms with van der Waals surface area (Å²) in [6, 6.07) is 6.58. The molecule has 2 aromatic carbocycles. The molecule has 0 radical (unpaired) electrons. The fourth-order valence-corrected chi connectivity index (χ4v) is 3.81. The Morgan fingerprint density at radius 3 is 2.47 bits per heavy atom. The van der Waals surface area contributed by atoms with Gasteiger partial charge < -0.3 is 14.8 Å². The van der Waals surface area contributed by atoms with Gasteiger partial charge in [-0.1, -0.05) is 6.07 Å². The molecule has 36 heavy (non-hydrogen) atoms. The van der Waals surface area contributed by atoms with Crippen molar-refractivity contribution in [3.8, 4) is 17.4 Å². The maximum atomic E-state index is 14.2. The topological polar surface area (TPSA) is 114 Å². The molecule has 0 fully saturated rings. The molecule has 0 aliphatic carbocycles. The average Bonchev–Trinajstić information content (AvgIpc) is 2.75.